The predicted octanol–water partition coefficient (Wildman–Crippen LogP) is 3.87. The van der Waals surface area contributed by atoms with E-state index in [1.165, 1.54) is 12.1 Å². The molecule has 2 rings (SSSR count). The Hall–Kier alpha value is -2.33. The van der Waals surface area contributed by atoms with Crippen LogP contribution >= 0.6 is 0 Å². The van der Waals surface area contributed by atoms with Gasteiger partial charge >= 0.3 is 0 Å². The molecule has 82 valence electrons. The fourth-order valence-corrected chi connectivity index (χ4v) is 1.61. The van der Waals surface area contributed by atoms with Crippen LogP contribution in [0.5, 0.6) is 0 Å². The molecule has 0 bridgehead atoms. The van der Waals surface area contributed by atoms with Gasteiger partial charge in [-0.15, -0.1) is 6.42 Å². The zero-order chi connectivity index (χ0) is 12.3. The maximum Gasteiger partial charge on any atom is 0.123 e. The smallest absolute Gasteiger partial charge is 0.123 e. The van der Waals surface area contributed by atoms with Crippen molar-refractivity contribution in [2.45, 2.75) is 0 Å². The topological polar surface area (TPSA) is 0 Å². The molecule has 0 heterocycles. The highest BCUT2D eigenvalue weighted by Crippen LogP contribution is 2.22. The normalized spacial score (nSPS) is 9.65. The van der Waals surface area contributed by atoms with E-state index in [-0.39, 0.29) is 5.82 Å². The fraction of sp³-hybridized carbons (Fsp3) is 0. The lowest BCUT2D eigenvalue weighted by molar-refractivity contribution is 0.627. The Morgan fingerprint density at radius 3 is 2.41 bits per heavy atom. The minimum atomic E-state index is -0.251. The first-order valence-electron chi connectivity index (χ1n) is 5.22. The van der Waals surface area contributed by atoms with Crippen LogP contribution in [0.3, 0.4) is 0 Å². The summed E-state index contributed by atoms with van der Waals surface area (Å²) in [5.41, 5.74) is 3.49. The third kappa shape index (κ3) is 2.43. The molecule has 0 radical (unpaired) electrons. The van der Waals surface area contributed by atoms with Gasteiger partial charge in [-0.3, -0.25) is 0 Å². The zero-order valence-electron chi connectivity index (χ0n) is 9.28. The summed E-state index contributed by atoms with van der Waals surface area (Å²) in [5, 5.41) is 0. The summed E-state index contributed by atoms with van der Waals surface area (Å²) < 4.78 is 12.8. The largest absolute Gasteiger partial charge is 0.207 e. The standard InChI is InChI=1S/C16H11F/c1-3-13-5-4-6-15(11-13)12(2)14-7-9-16(17)10-8-14/h1,4-11H,2H2. The summed E-state index contributed by atoms with van der Waals surface area (Å²) in [7, 11) is 0. The van der Waals surface area contributed by atoms with Crippen LogP contribution < -0.4 is 0 Å². The van der Waals surface area contributed by atoms with E-state index < -0.39 is 0 Å². The molecule has 0 nitrogen and oxygen atoms in total. The molecule has 0 amide bonds. The monoisotopic (exact) mass is 222 g/mol. The highest BCUT2D eigenvalue weighted by molar-refractivity contribution is 5.78. The Labute approximate surface area is 100 Å². The van der Waals surface area contributed by atoms with E-state index in [9.17, 15) is 4.39 Å². The van der Waals surface area contributed by atoms with Gasteiger partial charge in [0, 0.05) is 5.56 Å². The van der Waals surface area contributed by atoms with E-state index in [0.29, 0.717) is 0 Å². The number of benzene rings is 2. The predicted molar refractivity (Wildman–Crippen MR) is 68.9 cm³/mol. The molecule has 0 N–H and O–H groups in total. The second-order valence-electron chi connectivity index (χ2n) is 3.71. The summed E-state index contributed by atoms with van der Waals surface area (Å²) in [4.78, 5) is 0. The summed E-state index contributed by atoms with van der Waals surface area (Å²) in [6.07, 6.45) is 5.35. The Morgan fingerprint density at radius 2 is 1.76 bits per heavy atom. The van der Waals surface area contributed by atoms with E-state index in [0.717, 1.165) is 22.3 Å². The first-order chi connectivity index (χ1) is 8.20. The number of hydrogen-bond acceptors (Lipinski definition) is 0. The van der Waals surface area contributed by atoms with Crippen LogP contribution in [0.2, 0.25) is 0 Å². The van der Waals surface area contributed by atoms with Gasteiger partial charge in [-0.1, -0.05) is 36.8 Å². The lowest BCUT2D eigenvalue weighted by Gasteiger charge is -2.06. The van der Waals surface area contributed by atoms with Gasteiger partial charge in [0.2, 0.25) is 0 Å². The maximum absolute atomic E-state index is 12.8. The van der Waals surface area contributed by atoms with Crippen molar-refractivity contribution in [2.75, 3.05) is 0 Å². The van der Waals surface area contributed by atoms with Crippen LogP contribution in [0.25, 0.3) is 5.57 Å². The molecule has 0 aliphatic heterocycles. The fourth-order valence-electron chi connectivity index (χ4n) is 1.61. The molecule has 2 aromatic rings. The average Bonchev–Trinajstić information content (AvgIpc) is 2.39. The van der Waals surface area contributed by atoms with Crippen molar-refractivity contribution < 1.29 is 4.39 Å². The summed E-state index contributed by atoms with van der Waals surface area (Å²) >= 11 is 0. The lowest BCUT2D eigenvalue weighted by atomic mass is 9.98. The van der Waals surface area contributed by atoms with Crippen molar-refractivity contribution in [3.05, 3.63) is 77.6 Å². The molecule has 0 aromatic heterocycles. The van der Waals surface area contributed by atoms with Crippen molar-refractivity contribution >= 4 is 5.57 Å². The molecule has 2 aromatic carbocycles. The summed E-state index contributed by atoms with van der Waals surface area (Å²) in [5.74, 6) is 2.33. The van der Waals surface area contributed by atoms with Crippen LogP contribution in [0.15, 0.2) is 55.1 Å². The van der Waals surface area contributed by atoms with Gasteiger partial charge in [-0.2, -0.15) is 0 Å². The van der Waals surface area contributed by atoms with Gasteiger partial charge in [-0.25, -0.2) is 4.39 Å². The third-order valence-electron chi connectivity index (χ3n) is 2.57. The van der Waals surface area contributed by atoms with Crippen molar-refractivity contribution in [1.82, 2.24) is 0 Å². The molecule has 0 saturated carbocycles. The molecule has 0 aliphatic carbocycles. The number of halogens is 1. The van der Waals surface area contributed by atoms with Crippen molar-refractivity contribution in [3.8, 4) is 12.3 Å². The molecule has 1 heteroatoms. The van der Waals surface area contributed by atoms with Crippen LogP contribution in [0.1, 0.15) is 16.7 Å². The molecule has 0 fully saturated rings. The van der Waals surface area contributed by atoms with E-state index in [2.05, 4.69) is 12.5 Å². The van der Waals surface area contributed by atoms with Crippen LogP contribution in [0.4, 0.5) is 4.39 Å². The molecule has 17 heavy (non-hydrogen) atoms. The SMILES string of the molecule is C#Cc1cccc(C(=C)c2ccc(F)cc2)c1. The number of terminal acetylenes is 1. The first kappa shape index (κ1) is 11.2. The summed E-state index contributed by atoms with van der Waals surface area (Å²) in [6, 6.07) is 13.8. The Balaban J connectivity index is 2.37. The number of hydrogen-bond donors (Lipinski definition) is 0. The molecular formula is C16H11F. The minimum Gasteiger partial charge on any atom is -0.207 e. The summed E-state index contributed by atoms with van der Waals surface area (Å²) in [6.45, 7) is 4.01. The van der Waals surface area contributed by atoms with Crippen LogP contribution in [-0.4, -0.2) is 0 Å². The highest BCUT2D eigenvalue weighted by atomic mass is 19.1. The van der Waals surface area contributed by atoms with E-state index >= 15 is 0 Å². The lowest BCUT2D eigenvalue weighted by Crippen LogP contribution is -1.87. The second-order valence-corrected chi connectivity index (χ2v) is 3.71. The zero-order valence-corrected chi connectivity index (χ0v) is 9.28. The van der Waals surface area contributed by atoms with Gasteiger partial charge < -0.3 is 0 Å². The third-order valence-corrected chi connectivity index (χ3v) is 2.57. The Morgan fingerprint density at radius 1 is 1.06 bits per heavy atom. The van der Waals surface area contributed by atoms with Crippen molar-refractivity contribution in [2.24, 2.45) is 0 Å². The van der Waals surface area contributed by atoms with Gasteiger partial charge in [0.05, 0.1) is 0 Å². The van der Waals surface area contributed by atoms with Crippen molar-refractivity contribution in [3.63, 3.8) is 0 Å². The number of rotatable bonds is 2. The molecule has 0 spiro atoms. The second kappa shape index (κ2) is 4.67. The molecule has 0 aliphatic rings. The van der Waals surface area contributed by atoms with Gasteiger partial charge in [0.25, 0.3) is 0 Å². The first-order valence-corrected chi connectivity index (χ1v) is 5.22. The highest BCUT2D eigenvalue weighted by Gasteiger charge is 2.02. The van der Waals surface area contributed by atoms with E-state index in [1.54, 1.807) is 12.1 Å². The van der Waals surface area contributed by atoms with Crippen LogP contribution in [-0.2, 0) is 0 Å². The van der Waals surface area contributed by atoms with E-state index in [1.807, 2.05) is 24.3 Å². The maximum atomic E-state index is 12.8. The van der Waals surface area contributed by atoms with Crippen LogP contribution in [0, 0.1) is 18.2 Å². The Bertz CT molecular complexity index is 586. The van der Waals surface area contributed by atoms with Crippen molar-refractivity contribution in [1.29, 1.82) is 0 Å². The molecule has 0 atom stereocenters. The molecular weight excluding hydrogens is 211 g/mol. The van der Waals surface area contributed by atoms with Gasteiger partial charge in [0.15, 0.2) is 0 Å². The minimum absolute atomic E-state index is 0.251. The molecule has 0 saturated heterocycles. The average molecular weight is 222 g/mol. The Kier molecular flexibility index (Phi) is 3.07. The quantitative estimate of drug-likeness (QED) is 0.677. The van der Waals surface area contributed by atoms with Gasteiger partial charge in [0.1, 0.15) is 5.82 Å². The van der Waals surface area contributed by atoms with Gasteiger partial charge in [-0.05, 0) is 41.0 Å². The van der Waals surface area contributed by atoms with E-state index in [4.69, 9.17) is 6.42 Å². The molecule has 0 unspecified atom stereocenters.